The molecule has 0 aliphatic rings. The summed E-state index contributed by atoms with van der Waals surface area (Å²) >= 11 is 0. The highest BCUT2D eigenvalue weighted by molar-refractivity contribution is 5.75. The molecular weight excluding hydrogens is 200 g/mol. The molecule has 0 aromatic heterocycles. The molecule has 0 saturated carbocycles. The standard InChI is InChI=1S/C14H28O2/c1-3-4-5-6-9-14(12-13(2)16)10-7-8-11-15/h14-15H,3-12H2,1-2H3. The average Bonchev–Trinajstić information content (AvgIpc) is 2.23. The van der Waals surface area contributed by atoms with Crippen molar-refractivity contribution in [2.75, 3.05) is 6.61 Å². The summed E-state index contributed by atoms with van der Waals surface area (Å²) in [5.74, 6) is 0.866. The van der Waals surface area contributed by atoms with E-state index in [0.29, 0.717) is 11.7 Å². The highest BCUT2D eigenvalue weighted by atomic mass is 16.2. The summed E-state index contributed by atoms with van der Waals surface area (Å²) in [6.45, 7) is 4.18. The normalized spacial score (nSPS) is 12.7. The van der Waals surface area contributed by atoms with Crippen molar-refractivity contribution >= 4 is 5.78 Å². The third kappa shape index (κ3) is 10.2. The maximum Gasteiger partial charge on any atom is 0.130 e. The summed E-state index contributed by atoms with van der Waals surface area (Å²) in [6, 6.07) is 0. The Kier molecular flexibility index (Phi) is 10.9. The molecule has 1 N–H and O–H groups in total. The Morgan fingerprint density at radius 1 is 1.06 bits per heavy atom. The van der Waals surface area contributed by atoms with Crippen molar-refractivity contribution in [1.29, 1.82) is 0 Å². The molecule has 2 nitrogen and oxygen atoms in total. The van der Waals surface area contributed by atoms with E-state index in [1.807, 2.05) is 0 Å². The molecule has 0 aliphatic carbocycles. The smallest absolute Gasteiger partial charge is 0.130 e. The first kappa shape index (κ1) is 15.6. The lowest BCUT2D eigenvalue weighted by Crippen LogP contribution is -2.06. The maximum atomic E-state index is 11.1. The molecule has 96 valence electrons. The first-order valence-corrected chi connectivity index (χ1v) is 6.81. The topological polar surface area (TPSA) is 37.3 Å². The van der Waals surface area contributed by atoms with Gasteiger partial charge in [-0.25, -0.2) is 0 Å². The molecule has 0 rings (SSSR count). The largest absolute Gasteiger partial charge is 0.396 e. The van der Waals surface area contributed by atoms with Crippen molar-refractivity contribution < 1.29 is 9.90 Å². The van der Waals surface area contributed by atoms with E-state index >= 15 is 0 Å². The fourth-order valence-electron chi connectivity index (χ4n) is 2.16. The van der Waals surface area contributed by atoms with E-state index in [0.717, 1.165) is 25.7 Å². The Balaban J connectivity index is 3.67. The second-order valence-electron chi connectivity index (χ2n) is 4.84. The SMILES string of the molecule is CCCCCCC(CCCCO)CC(C)=O. The number of aliphatic hydroxyl groups is 1. The van der Waals surface area contributed by atoms with Gasteiger partial charge in [0.05, 0.1) is 0 Å². The Labute approximate surface area is 100 Å². The number of hydrogen-bond donors (Lipinski definition) is 1. The van der Waals surface area contributed by atoms with E-state index in [2.05, 4.69) is 6.92 Å². The van der Waals surface area contributed by atoms with E-state index in [9.17, 15) is 4.79 Å². The molecule has 16 heavy (non-hydrogen) atoms. The molecule has 0 saturated heterocycles. The summed E-state index contributed by atoms with van der Waals surface area (Å²) in [5.41, 5.74) is 0. The van der Waals surface area contributed by atoms with Gasteiger partial charge in [-0.15, -0.1) is 0 Å². The zero-order valence-electron chi connectivity index (χ0n) is 11.0. The summed E-state index contributed by atoms with van der Waals surface area (Å²) < 4.78 is 0. The lowest BCUT2D eigenvalue weighted by molar-refractivity contribution is -0.118. The molecule has 0 aromatic carbocycles. The van der Waals surface area contributed by atoms with Crippen molar-refractivity contribution in [3.63, 3.8) is 0 Å². The summed E-state index contributed by atoms with van der Waals surface area (Å²) in [7, 11) is 0. The zero-order chi connectivity index (χ0) is 12.2. The zero-order valence-corrected chi connectivity index (χ0v) is 11.0. The Bertz CT molecular complexity index is 166. The number of unbranched alkanes of at least 4 members (excludes halogenated alkanes) is 4. The predicted molar refractivity (Wildman–Crippen MR) is 68.5 cm³/mol. The maximum absolute atomic E-state index is 11.1. The van der Waals surface area contributed by atoms with Crippen LogP contribution in [-0.4, -0.2) is 17.5 Å². The number of Topliss-reactive ketones (excluding diaryl/α,β-unsaturated/α-hetero) is 1. The molecule has 0 heterocycles. The van der Waals surface area contributed by atoms with Gasteiger partial charge in [-0.3, -0.25) is 0 Å². The van der Waals surface area contributed by atoms with Crippen LogP contribution < -0.4 is 0 Å². The van der Waals surface area contributed by atoms with Crippen LogP contribution in [0, 0.1) is 5.92 Å². The Morgan fingerprint density at radius 2 is 1.69 bits per heavy atom. The van der Waals surface area contributed by atoms with Crippen LogP contribution in [-0.2, 0) is 4.79 Å². The summed E-state index contributed by atoms with van der Waals surface area (Å²) in [5, 5.41) is 8.74. The van der Waals surface area contributed by atoms with Gasteiger partial charge >= 0.3 is 0 Å². The van der Waals surface area contributed by atoms with Crippen LogP contribution in [0.2, 0.25) is 0 Å². The van der Waals surface area contributed by atoms with E-state index < -0.39 is 0 Å². The monoisotopic (exact) mass is 228 g/mol. The molecule has 0 fully saturated rings. The van der Waals surface area contributed by atoms with Crippen LogP contribution in [0.1, 0.15) is 71.6 Å². The molecule has 0 aromatic rings. The lowest BCUT2D eigenvalue weighted by atomic mass is 9.91. The van der Waals surface area contributed by atoms with Crippen molar-refractivity contribution in [1.82, 2.24) is 0 Å². The highest BCUT2D eigenvalue weighted by Crippen LogP contribution is 2.20. The fourth-order valence-corrected chi connectivity index (χ4v) is 2.16. The van der Waals surface area contributed by atoms with Gasteiger partial charge in [0, 0.05) is 13.0 Å². The van der Waals surface area contributed by atoms with Gasteiger partial charge < -0.3 is 9.90 Å². The van der Waals surface area contributed by atoms with Crippen molar-refractivity contribution in [2.45, 2.75) is 71.6 Å². The van der Waals surface area contributed by atoms with Gasteiger partial charge in [0.15, 0.2) is 0 Å². The molecule has 0 radical (unpaired) electrons. The molecule has 2 heteroatoms. The summed E-state index contributed by atoms with van der Waals surface area (Å²) in [4.78, 5) is 11.1. The second-order valence-corrected chi connectivity index (χ2v) is 4.84. The van der Waals surface area contributed by atoms with Gasteiger partial charge in [0.2, 0.25) is 0 Å². The number of rotatable bonds is 11. The van der Waals surface area contributed by atoms with Gasteiger partial charge in [-0.2, -0.15) is 0 Å². The lowest BCUT2D eigenvalue weighted by Gasteiger charge is -2.14. The van der Waals surface area contributed by atoms with Crippen LogP contribution in [0.5, 0.6) is 0 Å². The number of carbonyl (C=O) groups is 1. The third-order valence-corrected chi connectivity index (χ3v) is 3.06. The van der Waals surface area contributed by atoms with Crippen LogP contribution in [0.4, 0.5) is 0 Å². The minimum Gasteiger partial charge on any atom is -0.396 e. The van der Waals surface area contributed by atoms with Crippen LogP contribution >= 0.6 is 0 Å². The molecular formula is C14H28O2. The Morgan fingerprint density at radius 3 is 2.19 bits per heavy atom. The quantitative estimate of drug-likeness (QED) is 0.547. The molecule has 1 unspecified atom stereocenters. The third-order valence-electron chi connectivity index (χ3n) is 3.06. The molecule has 0 spiro atoms. The van der Waals surface area contributed by atoms with E-state index in [1.54, 1.807) is 6.92 Å². The first-order chi connectivity index (χ1) is 7.70. The van der Waals surface area contributed by atoms with Gasteiger partial charge in [-0.1, -0.05) is 45.4 Å². The Hall–Kier alpha value is -0.370. The van der Waals surface area contributed by atoms with Gasteiger partial charge in [-0.05, 0) is 25.7 Å². The summed E-state index contributed by atoms with van der Waals surface area (Å²) in [6.07, 6.45) is 10.1. The minimum atomic E-state index is 0.280. The second kappa shape index (κ2) is 11.1. The minimum absolute atomic E-state index is 0.280. The number of carbonyl (C=O) groups excluding carboxylic acids is 1. The molecule has 0 bridgehead atoms. The van der Waals surface area contributed by atoms with E-state index in [-0.39, 0.29) is 6.61 Å². The predicted octanol–water partition coefficient (Wildman–Crippen LogP) is 3.71. The fraction of sp³-hybridized carbons (Fsp3) is 0.929. The molecule has 1 atom stereocenters. The van der Waals surface area contributed by atoms with Crippen molar-refractivity contribution in [2.24, 2.45) is 5.92 Å². The van der Waals surface area contributed by atoms with Gasteiger partial charge in [0.1, 0.15) is 5.78 Å². The average molecular weight is 228 g/mol. The van der Waals surface area contributed by atoms with Crippen molar-refractivity contribution in [3.8, 4) is 0 Å². The highest BCUT2D eigenvalue weighted by Gasteiger charge is 2.10. The molecule has 0 amide bonds. The van der Waals surface area contributed by atoms with Crippen LogP contribution in [0.15, 0.2) is 0 Å². The molecule has 0 aliphatic heterocycles. The first-order valence-electron chi connectivity index (χ1n) is 6.81. The van der Waals surface area contributed by atoms with Gasteiger partial charge in [0.25, 0.3) is 0 Å². The number of hydrogen-bond acceptors (Lipinski definition) is 2. The van der Waals surface area contributed by atoms with E-state index in [1.165, 1.54) is 32.1 Å². The van der Waals surface area contributed by atoms with Crippen LogP contribution in [0.25, 0.3) is 0 Å². The number of ketones is 1. The van der Waals surface area contributed by atoms with E-state index in [4.69, 9.17) is 5.11 Å². The van der Waals surface area contributed by atoms with Crippen LogP contribution in [0.3, 0.4) is 0 Å². The number of aliphatic hydroxyl groups excluding tert-OH is 1. The van der Waals surface area contributed by atoms with Crippen molar-refractivity contribution in [3.05, 3.63) is 0 Å².